The van der Waals surface area contributed by atoms with Crippen LogP contribution in [-0.4, -0.2) is 64.5 Å². The zero-order chi connectivity index (χ0) is 23.3. The topological polar surface area (TPSA) is 122 Å². The Morgan fingerprint density at radius 2 is 1.88 bits per heavy atom. The number of nitrogens with zero attached hydrogens (tertiary/aromatic N) is 2. The van der Waals surface area contributed by atoms with Crippen LogP contribution in [0.25, 0.3) is 0 Å². The van der Waals surface area contributed by atoms with Gasteiger partial charge in [0.25, 0.3) is 0 Å². The minimum Gasteiger partial charge on any atom is -0.465 e. The van der Waals surface area contributed by atoms with Crippen molar-refractivity contribution >= 4 is 33.3 Å². The minimum absolute atomic E-state index is 0.0420. The van der Waals surface area contributed by atoms with Crippen LogP contribution >= 0.6 is 0 Å². The summed E-state index contributed by atoms with van der Waals surface area (Å²) in [6, 6.07) is 13.5. The van der Waals surface area contributed by atoms with Gasteiger partial charge in [-0.3, -0.25) is 9.69 Å². The number of esters is 1. The molecule has 2 aromatic carbocycles. The van der Waals surface area contributed by atoms with Crippen molar-refractivity contribution in [2.24, 2.45) is 5.14 Å². The molecule has 1 unspecified atom stereocenters. The molecule has 1 atom stereocenters. The van der Waals surface area contributed by atoms with Crippen LogP contribution < -0.4 is 15.4 Å². The third kappa shape index (κ3) is 6.06. The number of piperazine rings is 1. The molecule has 1 amide bonds. The van der Waals surface area contributed by atoms with Gasteiger partial charge in [-0.15, -0.1) is 0 Å². The monoisotopic (exact) mass is 460 g/mol. The highest BCUT2D eigenvalue weighted by molar-refractivity contribution is 7.89. The van der Waals surface area contributed by atoms with E-state index in [1.54, 1.807) is 18.2 Å². The van der Waals surface area contributed by atoms with Crippen LogP contribution in [0.1, 0.15) is 23.7 Å². The summed E-state index contributed by atoms with van der Waals surface area (Å²) in [5.41, 5.74) is 1.95. The molecule has 2 aromatic rings. The number of ether oxygens (including phenoxy) is 1. The fourth-order valence-corrected chi connectivity index (χ4v) is 4.27. The first-order valence-electron chi connectivity index (χ1n) is 10.3. The Balaban J connectivity index is 1.50. The molecule has 1 fully saturated rings. The molecule has 3 N–H and O–H groups in total. The largest absolute Gasteiger partial charge is 0.465 e. The summed E-state index contributed by atoms with van der Waals surface area (Å²) < 4.78 is 27.7. The number of nitrogens with one attached hydrogen (secondary N) is 1. The van der Waals surface area contributed by atoms with E-state index in [9.17, 15) is 18.0 Å². The van der Waals surface area contributed by atoms with Crippen LogP contribution in [0.15, 0.2) is 53.4 Å². The van der Waals surface area contributed by atoms with Gasteiger partial charge >= 0.3 is 5.97 Å². The second kappa shape index (κ2) is 10.1. The van der Waals surface area contributed by atoms with Gasteiger partial charge in [-0.2, -0.15) is 0 Å². The number of benzene rings is 2. The lowest BCUT2D eigenvalue weighted by molar-refractivity contribution is -0.116. The zero-order valence-corrected chi connectivity index (χ0v) is 19.0. The molecular weight excluding hydrogens is 432 g/mol. The third-order valence-electron chi connectivity index (χ3n) is 5.49. The lowest BCUT2D eigenvalue weighted by Gasteiger charge is -2.41. The predicted molar refractivity (Wildman–Crippen MR) is 122 cm³/mol. The fourth-order valence-electron chi connectivity index (χ4n) is 3.71. The van der Waals surface area contributed by atoms with E-state index in [2.05, 4.69) is 22.0 Å². The maximum absolute atomic E-state index is 12.4. The van der Waals surface area contributed by atoms with Gasteiger partial charge in [0, 0.05) is 50.0 Å². The summed E-state index contributed by atoms with van der Waals surface area (Å²) >= 11 is 0. The Hall–Kier alpha value is -2.95. The maximum Gasteiger partial charge on any atom is 0.337 e. The number of sulfonamides is 1. The van der Waals surface area contributed by atoms with Crippen molar-refractivity contribution in [1.29, 1.82) is 0 Å². The Bertz CT molecular complexity index is 1070. The number of amides is 1. The van der Waals surface area contributed by atoms with E-state index in [0.29, 0.717) is 17.8 Å². The van der Waals surface area contributed by atoms with E-state index >= 15 is 0 Å². The van der Waals surface area contributed by atoms with Crippen molar-refractivity contribution in [3.8, 4) is 0 Å². The SMILES string of the molecule is COC(=O)c1ccc(N2CCN(CCC(=O)Nc3cccc(S(N)(=O)=O)c3)C(C)C2)cc1. The predicted octanol–water partition coefficient (Wildman–Crippen LogP) is 1.66. The molecule has 32 heavy (non-hydrogen) atoms. The molecule has 3 rings (SSSR count). The first-order chi connectivity index (χ1) is 15.2. The molecule has 0 radical (unpaired) electrons. The fraction of sp³-hybridized carbons (Fsp3) is 0.364. The zero-order valence-electron chi connectivity index (χ0n) is 18.2. The molecule has 0 bridgehead atoms. The van der Waals surface area contributed by atoms with Crippen LogP contribution in [0, 0.1) is 0 Å². The van der Waals surface area contributed by atoms with Gasteiger partial charge in [-0.25, -0.2) is 18.4 Å². The van der Waals surface area contributed by atoms with Gasteiger partial charge in [-0.05, 0) is 49.4 Å². The molecule has 0 saturated carbocycles. The van der Waals surface area contributed by atoms with Crippen LogP contribution in [0.4, 0.5) is 11.4 Å². The Morgan fingerprint density at radius 1 is 1.16 bits per heavy atom. The van der Waals surface area contributed by atoms with E-state index < -0.39 is 10.0 Å². The van der Waals surface area contributed by atoms with Crippen molar-refractivity contribution in [1.82, 2.24) is 4.90 Å². The second-order valence-electron chi connectivity index (χ2n) is 7.74. The van der Waals surface area contributed by atoms with Crippen molar-refractivity contribution in [2.75, 3.05) is 43.5 Å². The molecule has 0 aliphatic carbocycles. The van der Waals surface area contributed by atoms with Gasteiger partial charge in [0.15, 0.2) is 0 Å². The summed E-state index contributed by atoms with van der Waals surface area (Å²) in [6.45, 7) is 5.11. The van der Waals surface area contributed by atoms with Crippen molar-refractivity contribution < 1.29 is 22.7 Å². The highest BCUT2D eigenvalue weighted by Gasteiger charge is 2.24. The van der Waals surface area contributed by atoms with E-state index in [4.69, 9.17) is 9.88 Å². The van der Waals surface area contributed by atoms with Crippen LogP contribution in [0.5, 0.6) is 0 Å². The van der Waals surface area contributed by atoms with Gasteiger partial charge in [0.2, 0.25) is 15.9 Å². The second-order valence-corrected chi connectivity index (χ2v) is 9.30. The molecule has 1 heterocycles. The Morgan fingerprint density at radius 3 is 2.50 bits per heavy atom. The average Bonchev–Trinajstić information content (AvgIpc) is 2.77. The molecule has 1 aliphatic heterocycles. The number of rotatable bonds is 7. The normalized spacial score (nSPS) is 17.1. The molecule has 10 heteroatoms. The third-order valence-corrected chi connectivity index (χ3v) is 6.40. The maximum atomic E-state index is 12.4. The summed E-state index contributed by atoms with van der Waals surface area (Å²) in [6.07, 6.45) is 0.289. The van der Waals surface area contributed by atoms with Crippen LogP contribution in [0.2, 0.25) is 0 Å². The Kier molecular flexibility index (Phi) is 7.49. The molecule has 0 aromatic heterocycles. The molecule has 172 valence electrons. The summed E-state index contributed by atoms with van der Waals surface area (Å²) in [5, 5.41) is 7.87. The molecule has 1 aliphatic rings. The van der Waals surface area contributed by atoms with Crippen molar-refractivity contribution in [3.63, 3.8) is 0 Å². The number of carbonyl (C=O) groups is 2. The summed E-state index contributed by atoms with van der Waals surface area (Å²) in [7, 11) is -2.46. The number of anilines is 2. The average molecular weight is 461 g/mol. The van der Waals surface area contributed by atoms with E-state index in [0.717, 1.165) is 25.3 Å². The summed E-state index contributed by atoms with van der Waals surface area (Å²) in [5.74, 6) is -0.547. The Labute approximate surface area is 188 Å². The molecule has 1 saturated heterocycles. The van der Waals surface area contributed by atoms with Crippen molar-refractivity contribution in [3.05, 3.63) is 54.1 Å². The van der Waals surface area contributed by atoms with Gasteiger partial charge < -0.3 is 15.0 Å². The number of carbonyl (C=O) groups excluding carboxylic acids is 2. The molecule has 9 nitrogen and oxygen atoms in total. The number of methoxy groups -OCH3 is 1. The quantitative estimate of drug-likeness (QED) is 0.603. The smallest absolute Gasteiger partial charge is 0.337 e. The number of nitrogens with two attached hydrogens (primary N) is 1. The number of hydrogen-bond donors (Lipinski definition) is 2. The highest BCUT2D eigenvalue weighted by atomic mass is 32.2. The van der Waals surface area contributed by atoms with Gasteiger partial charge in [0.05, 0.1) is 17.6 Å². The molecule has 0 spiro atoms. The first kappa shape index (κ1) is 23.7. The van der Waals surface area contributed by atoms with E-state index in [-0.39, 0.29) is 29.2 Å². The lowest BCUT2D eigenvalue weighted by Crippen LogP contribution is -2.52. The molecular formula is C22H28N4O5S. The number of primary sulfonamides is 1. The van der Waals surface area contributed by atoms with Gasteiger partial charge in [-0.1, -0.05) is 6.07 Å². The van der Waals surface area contributed by atoms with Crippen LogP contribution in [0.3, 0.4) is 0 Å². The first-order valence-corrected chi connectivity index (χ1v) is 11.8. The summed E-state index contributed by atoms with van der Waals surface area (Å²) in [4.78, 5) is 28.4. The number of hydrogen-bond acceptors (Lipinski definition) is 7. The van der Waals surface area contributed by atoms with Crippen molar-refractivity contribution in [2.45, 2.75) is 24.3 Å². The standard InChI is InChI=1S/C22H28N4O5S/c1-16-15-26(19-8-6-17(7-9-19)22(28)31-2)13-12-25(16)11-10-21(27)24-18-4-3-5-20(14-18)32(23,29)30/h3-9,14,16H,10-13,15H2,1-2H3,(H,24,27)(H2,23,29,30). The van der Waals surface area contributed by atoms with Crippen LogP contribution in [-0.2, 0) is 19.6 Å². The van der Waals surface area contributed by atoms with Gasteiger partial charge in [0.1, 0.15) is 0 Å². The highest BCUT2D eigenvalue weighted by Crippen LogP contribution is 2.21. The minimum atomic E-state index is -3.82. The lowest BCUT2D eigenvalue weighted by atomic mass is 10.1. The van der Waals surface area contributed by atoms with E-state index in [1.807, 2.05) is 12.1 Å². The van der Waals surface area contributed by atoms with E-state index in [1.165, 1.54) is 25.3 Å².